The van der Waals surface area contributed by atoms with E-state index < -0.39 is 11.9 Å². The summed E-state index contributed by atoms with van der Waals surface area (Å²) in [7, 11) is 0. The Morgan fingerprint density at radius 1 is 0.974 bits per heavy atom. The van der Waals surface area contributed by atoms with Crippen LogP contribution in [0.4, 0.5) is 0 Å². The third-order valence-electron chi connectivity index (χ3n) is 6.19. The number of ether oxygens (including phenoxy) is 1. The van der Waals surface area contributed by atoms with Gasteiger partial charge in [-0.15, -0.1) is 0 Å². The summed E-state index contributed by atoms with van der Waals surface area (Å²) in [6.45, 7) is 4.01. The van der Waals surface area contributed by atoms with Gasteiger partial charge in [-0.1, -0.05) is 69.5 Å². The molecule has 0 radical (unpaired) electrons. The van der Waals surface area contributed by atoms with Crippen LogP contribution < -0.4 is 10.2 Å². The zero-order chi connectivity index (χ0) is 27.5. The van der Waals surface area contributed by atoms with Gasteiger partial charge in [-0.2, -0.15) is 5.10 Å². The van der Waals surface area contributed by atoms with Gasteiger partial charge >= 0.3 is 5.97 Å². The molecule has 0 aliphatic rings. The number of amides is 1. The van der Waals surface area contributed by atoms with Crippen LogP contribution >= 0.6 is 27.5 Å². The Kier molecular flexibility index (Phi) is 7.63. The molecule has 0 atom stereocenters. The maximum Gasteiger partial charge on any atom is 0.343 e. The van der Waals surface area contributed by atoms with Crippen LogP contribution in [0.25, 0.3) is 22.0 Å². The molecule has 1 heterocycles. The minimum absolute atomic E-state index is 0.317. The van der Waals surface area contributed by atoms with Crippen LogP contribution in [-0.2, 0) is 0 Å². The predicted molar refractivity (Wildman–Crippen MR) is 159 cm³/mol. The Labute approximate surface area is 238 Å². The number of H-pyrrole nitrogens is 1. The van der Waals surface area contributed by atoms with Gasteiger partial charge in [-0.25, -0.2) is 10.2 Å². The highest BCUT2D eigenvalue weighted by Crippen LogP contribution is 2.38. The average molecular weight is 601 g/mol. The standard InChI is InChI=1S/C31H23BrClN3O3/c1-18-15-19(2)28-24(16-18)27(23-8-4-5-9-25(23)33)29(35-28)30(37)36-34-17-21-7-3-6-10-26(21)39-31(38)20-11-13-22(32)14-12-20/h3-17,35H,1-2H3,(H,36,37). The smallest absolute Gasteiger partial charge is 0.343 e. The molecule has 5 rings (SSSR count). The fraction of sp³-hybridized carbons (Fsp3) is 0.0645. The highest BCUT2D eigenvalue weighted by Gasteiger charge is 2.22. The van der Waals surface area contributed by atoms with Crippen molar-refractivity contribution in [3.05, 3.63) is 122 Å². The zero-order valence-electron chi connectivity index (χ0n) is 21.1. The average Bonchev–Trinajstić information content (AvgIpc) is 3.30. The SMILES string of the molecule is Cc1cc(C)c2[nH]c(C(=O)NN=Cc3ccccc3OC(=O)c3ccc(Br)cc3)c(-c3ccccc3Cl)c2c1. The third-order valence-corrected chi connectivity index (χ3v) is 7.05. The largest absolute Gasteiger partial charge is 0.422 e. The number of esters is 1. The van der Waals surface area contributed by atoms with Crippen molar-refractivity contribution >= 4 is 56.5 Å². The number of nitrogens with zero attached hydrogens (tertiary/aromatic N) is 1. The molecule has 6 nitrogen and oxygen atoms in total. The summed E-state index contributed by atoms with van der Waals surface area (Å²) >= 11 is 9.90. The second kappa shape index (κ2) is 11.3. The maximum absolute atomic E-state index is 13.4. The molecule has 39 heavy (non-hydrogen) atoms. The summed E-state index contributed by atoms with van der Waals surface area (Å²) in [5.41, 5.74) is 8.29. The lowest BCUT2D eigenvalue weighted by molar-refractivity contribution is 0.0734. The van der Waals surface area contributed by atoms with Crippen molar-refractivity contribution in [3.63, 3.8) is 0 Å². The van der Waals surface area contributed by atoms with Crippen molar-refractivity contribution in [1.82, 2.24) is 10.4 Å². The number of fused-ring (bicyclic) bond motifs is 1. The van der Waals surface area contributed by atoms with Crippen LogP contribution in [0.2, 0.25) is 5.02 Å². The highest BCUT2D eigenvalue weighted by molar-refractivity contribution is 9.10. The van der Waals surface area contributed by atoms with Gasteiger partial charge in [-0.05, 0) is 67.9 Å². The normalized spacial score (nSPS) is 11.2. The van der Waals surface area contributed by atoms with Gasteiger partial charge in [0.05, 0.1) is 11.8 Å². The van der Waals surface area contributed by atoms with Crippen LogP contribution in [0, 0.1) is 13.8 Å². The number of carbonyl (C=O) groups is 2. The molecule has 5 aromatic rings. The Balaban J connectivity index is 1.43. The zero-order valence-corrected chi connectivity index (χ0v) is 23.4. The van der Waals surface area contributed by atoms with Crippen molar-refractivity contribution in [3.8, 4) is 16.9 Å². The number of halogens is 2. The molecule has 0 aliphatic heterocycles. The summed E-state index contributed by atoms with van der Waals surface area (Å²) in [5, 5.41) is 5.60. The van der Waals surface area contributed by atoms with Gasteiger partial charge in [-0.3, -0.25) is 4.79 Å². The number of para-hydroxylation sites is 1. The maximum atomic E-state index is 13.4. The number of hydrazone groups is 1. The molecule has 8 heteroatoms. The number of hydrogen-bond acceptors (Lipinski definition) is 4. The first-order valence-electron chi connectivity index (χ1n) is 12.1. The van der Waals surface area contributed by atoms with E-state index in [-0.39, 0.29) is 0 Å². The van der Waals surface area contributed by atoms with Crippen LogP contribution in [0.15, 0.2) is 94.5 Å². The van der Waals surface area contributed by atoms with Gasteiger partial charge in [0.2, 0.25) is 0 Å². The number of nitrogens with one attached hydrogen (secondary N) is 2. The molecule has 2 N–H and O–H groups in total. The van der Waals surface area contributed by atoms with E-state index in [0.717, 1.165) is 32.1 Å². The number of hydrogen-bond donors (Lipinski definition) is 2. The lowest BCUT2D eigenvalue weighted by Crippen LogP contribution is -2.19. The number of carbonyl (C=O) groups excluding carboxylic acids is 2. The van der Waals surface area contributed by atoms with E-state index in [1.807, 2.05) is 38.1 Å². The molecule has 0 bridgehead atoms. The van der Waals surface area contributed by atoms with E-state index in [9.17, 15) is 9.59 Å². The predicted octanol–water partition coefficient (Wildman–Crippen LogP) is 7.85. The third kappa shape index (κ3) is 5.65. The van der Waals surface area contributed by atoms with Crippen LogP contribution in [-0.4, -0.2) is 23.1 Å². The quantitative estimate of drug-likeness (QED) is 0.0901. The molecule has 0 aliphatic carbocycles. The number of rotatable bonds is 6. The molecular formula is C31H23BrClN3O3. The van der Waals surface area contributed by atoms with Gasteiger partial charge < -0.3 is 9.72 Å². The highest BCUT2D eigenvalue weighted by atomic mass is 79.9. The fourth-order valence-corrected chi connectivity index (χ4v) is 4.90. The van der Waals surface area contributed by atoms with E-state index in [1.54, 1.807) is 54.6 Å². The minimum Gasteiger partial charge on any atom is -0.422 e. The van der Waals surface area contributed by atoms with E-state index in [1.165, 1.54) is 6.21 Å². The molecule has 0 saturated carbocycles. The molecular weight excluding hydrogens is 578 g/mol. The lowest BCUT2D eigenvalue weighted by atomic mass is 9.99. The molecule has 1 aromatic heterocycles. The first-order valence-corrected chi connectivity index (χ1v) is 13.3. The van der Waals surface area contributed by atoms with E-state index >= 15 is 0 Å². The van der Waals surface area contributed by atoms with Crippen LogP contribution in [0.3, 0.4) is 0 Å². The molecule has 0 unspecified atom stereocenters. The topological polar surface area (TPSA) is 83.6 Å². The number of aromatic nitrogens is 1. The summed E-state index contributed by atoms with van der Waals surface area (Å²) in [6, 6.07) is 25.3. The Bertz CT molecular complexity index is 1740. The molecule has 1 amide bonds. The fourth-order valence-electron chi connectivity index (χ4n) is 4.41. The van der Waals surface area contributed by atoms with Crippen LogP contribution in [0.1, 0.15) is 37.5 Å². The first-order chi connectivity index (χ1) is 18.8. The first kappa shape index (κ1) is 26.4. The molecule has 4 aromatic carbocycles. The van der Waals surface area contributed by atoms with Gasteiger partial charge in [0.1, 0.15) is 11.4 Å². The number of aromatic amines is 1. The second-order valence-electron chi connectivity index (χ2n) is 8.99. The van der Waals surface area contributed by atoms with Crippen molar-refractivity contribution in [2.24, 2.45) is 5.10 Å². The van der Waals surface area contributed by atoms with Gasteiger partial charge in [0.15, 0.2) is 0 Å². The second-order valence-corrected chi connectivity index (χ2v) is 10.3. The number of benzene rings is 4. The number of aryl methyl sites for hydroxylation is 2. The Hall–Kier alpha value is -4.20. The van der Waals surface area contributed by atoms with Crippen molar-refractivity contribution in [2.75, 3.05) is 0 Å². The molecule has 0 fully saturated rings. The molecule has 0 saturated heterocycles. The summed E-state index contributed by atoms with van der Waals surface area (Å²) < 4.78 is 6.45. The van der Waals surface area contributed by atoms with Crippen molar-refractivity contribution in [1.29, 1.82) is 0 Å². The van der Waals surface area contributed by atoms with Crippen molar-refractivity contribution < 1.29 is 14.3 Å². The van der Waals surface area contributed by atoms with E-state index in [4.69, 9.17) is 16.3 Å². The summed E-state index contributed by atoms with van der Waals surface area (Å²) in [4.78, 5) is 29.3. The van der Waals surface area contributed by atoms with Crippen molar-refractivity contribution in [2.45, 2.75) is 13.8 Å². The lowest BCUT2D eigenvalue weighted by Gasteiger charge is -2.08. The van der Waals surface area contributed by atoms with Gasteiger partial charge in [0.25, 0.3) is 5.91 Å². The molecule has 194 valence electrons. The van der Waals surface area contributed by atoms with E-state index in [0.29, 0.717) is 33.2 Å². The molecule has 0 spiro atoms. The monoisotopic (exact) mass is 599 g/mol. The minimum atomic E-state index is -0.500. The van der Waals surface area contributed by atoms with Gasteiger partial charge in [0, 0.05) is 37.1 Å². The summed E-state index contributed by atoms with van der Waals surface area (Å²) in [5.74, 6) is -0.615. The Morgan fingerprint density at radius 2 is 1.69 bits per heavy atom. The summed E-state index contributed by atoms with van der Waals surface area (Å²) in [6.07, 6.45) is 1.44. The van der Waals surface area contributed by atoms with Crippen LogP contribution in [0.5, 0.6) is 5.75 Å². The van der Waals surface area contributed by atoms with E-state index in [2.05, 4.69) is 37.5 Å². The Morgan fingerprint density at radius 3 is 2.46 bits per heavy atom.